The summed E-state index contributed by atoms with van der Waals surface area (Å²) in [6.07, 6.45) is 3.61. The summed E-state index contributed by atoms with van der Waals surface area (Å²) >= 11 is 0. The molecule has 7 heteroatoms. The van der Waals surface area contributed by atoms with Crippen LogP contribution in [0.15, 0.2) is 36.5 Å². The molecule has 1 aliphatic rings. The molecule has 1 atom stereocenters. The van der Waals surface area contributed by atoms with Gasteiger partial charge in [-0.1, -0.05) is 30.3 Å². The van der Waals surface area contributed by atoms with Gasteiger partial charge in [0, 0.05) is 25.3 Å². The number of hydrogen-bond acceptors (Lipinski definition) is 6. The second kappa shape index (κ2) is 7.94. The molecule has 1 aromatic carbocycles. The Kier molecular flexibility index (Phi) is 5.45. The van der Waals surface area contributed by atoms with Crippen molar-refractivity contribution in [1.29, 1.82) is 0 Å². The summed E-state index contributed by atoms with van der Waals surface area (Å²) in [5.74, 6) is 0.0270. The first-order chi connectivity index (χ1) is 12.2. The third-order valence-corrected chi connectivity index (χ3v) is 4.44. The Balaban J connectivity index is 1.59. The number of nitrogen functional groups attached to an aromatic ring is 1. The smallest absolute Gasteiger partial charge is 0.258 e. The Bertz CT molecular complexity index is 723. The number of ether oxygens (including phenoxy) is 1. The van der Waals surface area contributed by atoms with Crippen molar-refractivity contribution in [3.8, 4) is 5.88 Å². The van der Waals surface area contributed by atoms with E-state index in [2.05, 4.69) is 44.5 Å². The molecule has 3 rings (SSSR count). The number of aromatic nitrogens is 2. The van der Waals surface area contributed by atoms with Crippen LogP contribution in [0.2, 0.25) is 0 Å². The molecule has 132 valence electrons. The van der Waals surface area contributed by atoms with Gasteiger partial charge in [-0.05, 0) is 24.9 Å². The van der Waals surface area contributed by atoms with Crippen LogP contribution >= 0.6 is 0 Å². The highest BCUT2D eigenvalue weighted by atomic mass is 16.5. The van der Waals surface area contributed by atoms with Crippen molar-refractivity contribution < 1.29 is 9.53 Å². The van der Waals surface area contributed by atoms with Crippen molar-refractivity contribution in [2.45, 2.75) is 25.4 Å². The number of rotatable bonds is 6. The number of methoxy groups -OCH3 is 1. The van der Waals surface area contributed by atoms with Crippen LogP contribution in [0.4, 0.5) is 5.95 Å². The molecule has 1 aromatic heterocycles. The average molecular weight is 341 g/mol. The summed E-state index contributed by atoms with van der Waals surface area (Å²) in [7, 11) is 1.46. The molecule has 0 aliphatic carbocycles. The normalized spacial score (nSPS) is 17.4. The molecule has 2 aromatic rings. The van der Waals surface area contributed by atoms with Crippen LogP contribution in [0.1, 0.15) is 28.8 Å². The fourth-order valence-corrected chi connectivity index (χ4v) is 3.15. The molecule has 2 heterocycles. The summed E-state index contributed by atoms with van der Waals surface area (Å²) in [6.45, 7) is 2.53. The molecule has 1 saturated heterocycles. The van der Waals surface area contributed by atoms with Crippen molar-refractivity contribution in [3.05, 3.63) is 47.7 Å². The molecule has 1 aliphatic heterocycles. The number of carbonyl (C=O) groups excluding carboxylic acids is 1. The molecule has 25 heavy (non-hydrogen) atoms. The van der Waals surface area contributed by atoms with Gasteiger partial charge < -0.3 is 15.8 Å². The van der Waals surface area contributed by atoms with E-state index in [1.807, 2.05) is 6.07 Å². The van der Waals surface area contributed by atoms with Gasteiger partial charge in [0.2, 0.25) is 11.8 Å². The molecule has 0 radical (unpaired) electrons. The number of nitrogens with two attached hydrogens (primary N) is 1. The van der Waals surface area contributed by atoms with Crippen molar-refractivity contribution in [1.82, 2.24) is 20.2 Å². The highest BCUT2D eigenvalue weighted by molar-refractivity contribution is 5.96. The molecule has 0 saturated carbocycles. The van der Waals surface area contributed by atoms with Crippen LogP contribution in [0.25, 0.3) is 0 Å². The third kappa shape index (κ3) is 4.24. The van der Waals surface area contributed by atoms with Gasteiger partial charge in [0.05, 0.1) is 7.11 Å². The van der Waals surface area contributed by atoms with Crippen LogP contribution in [-0.4, -0.2) is 47.0 Å². The Morgan fingerprint density at radius 1 is 1.40 bits per heavy atom. The Morgan fingerprint density at radius 3 is 2.96 bits per heavy atom. The molecule has 0 bridgehead atoms. The number of carbonyl (C=O) groups is 1. The maximum Gasteiger partial charge on any atom is 0.258 e. The summed E-state index contributed by atoms with van der Waals surface area (Å²) in [6, 6.07) is 10.7. The van der Waals surface area contributed by atoms with Crippen molar-refractivity contribution in [2.75, 3.05) is 25.9 Å². The predicted molar refractivity (Wildman–Crippen MR) is 95.2 cm³/mol. The fraction of sp³-hybridized carbons (Fsp3) is 0.389. The first-order valence-electron chi connectivity index (χ1n) is 8.40. The van der Waals surface area contributed by atoms with E-state index in [9.17, 15) is 4.79 Å². The second-order valence-corrected chi connectivity index (χ2v) is 6.11. The minimum absolute atomic E-state index is 0.0817. The quantitative estimate of drug-likeness (QED) is 0.826. The van der Waals surface area contributed by atoms with Gasteiger partial charge >= 0.3 is 0 Å². The predicted octanol–water partition coefficient (Wildman–Crippen LogP) is 1.46. The van der Waals surface area contributed by atoms with Crippen LogP contribution in [0, 0.1) is 0 Å². The van der Waals surface area contributed by atoms with Gasteiger partial charge in [0.25, 0.3) is 5.91 Å². The molecular formula is C18H23N5O2. The first-order valence-corrected chi connectivity index (χ1v) is 8.40. The highest BCUT2D eigenvalue weighted by Crippen LogP contribution is 2.20. The van der Waals surface area contributed by atoms with Gasteiger partial charge in [-0.2, -0.15) is 4.98 Å². The van der Waals surface area contributed by atoms with Crippen LogP contribution in [0.3, 0.4) is 0 Å². The monoisotopic (exact) mass is 341 g/mol. The van der Waals surface area contributed by atoms with Gasteiger partial charge in [0.15, 0.2) is 0 Å². The SMILES string of the molecule is COc1nc(N)ncc1C(=O)NCC1CCCN1Cc1ccccc1. The van der Waals surface area contributed by atoms with Crippen LogP contribution in [0.5, 0.6) is 5.88 Å². The third-order valence-electron chi connectivity index (χ3n) is 4.44. The van der Waals surface area contributed by atoms with Crippen LogP contribution in [-0.2, 0) is 6.54 Å². The second-order valence-electron chi connectivity index (χ2n) is 6.11. The van der Waals surface area contributed by atoms with Crippen molar-refractivity contribution >= 4 is 11.9 Å². The maximum absolute atomic E-state index is 12.4. The molecule has 1 unspecified atom stereocenters. The van der Waals surface area contributed by atoms with Crippen molar-refractivity contribution in [2.24, 2.45) is 0 Å². The van der Waals surface area contributed by atoms with E-state index in [0.717, 1.165) is 25.9 Å². The number of benzene rings is 1. The number of nitrogens with one attached hydrogen (secondary N) is 1. The number of amides is 1. The Hall–Kier alpha value is -2.67. The zero-order valence-corrected chi connectivity index (χ0v) is 14.3. The van der Waals surface area contributed by atoms with E-state index in [1.54, 1.807) is 0 Å². The molecular weight excluding hydrogens is 318 g/mol. The summed E-state index contributed by atoms with van der Waals surface area (Å²) in [5.41, 5.74) is 7.11. The average Bonchev–Trinajstić information content (AvgIpc) is 3.07. The zero-order valence-electron chi connectivity index (χ0n) is 14.3. The lowest BCUT2D eigenvalue weighted by atomic mass is 10.1. The number of nitrogens with zero attached hydrogens (tertiary/aromatic N) is 3. The van der Waals surface area contributed by atoms with E-state index < -0.39 is 0 Å². The lowest BCUT2D eigenvalue weighted by Gasteiger charge is -2.24. The lowest BCUT2D eigenvalue weighted by molar-refractivity contribution is 0.0935. The van der Waals surface area contributed by atoms with Gasteiger partial charge in [-0.15, -0.1) is 0 Å². The fourth-order valence-electron chi connectivity index (χ4n) is 3.15. The Morgan fingerprint density at radius 2 is 2.20 bits per heavy atom. The molecule has 3 N–H and O–H groups in total. The molecule has 1 fully saturated rings. The molecule has 1 amide bonds. The van der Waals surface area contributed by atoms with Gasteiger partial charge in [0.1, 0.15) is 5.56 Å². The number of hydrogen-bond donors (Lipinski definition) is 2. The van der Waals surface area contributed by atoms with E-state index in [0.29, 0.717) is 18.2 Å². The first kappa shape index (κ1) is 17.2. The largest absolute Gasteiger partial charge is 0.480 e. The molecule has 0 spiro atoms. The van der Waals surface area contributed by atoms with Gasteiger partial charge in [-0.3, -0.25) is 9.69 Å². The standard InChI is InChI=1S/C18H23N5O2/c1-25-17-15(11-21-18(19)22-17)16(24)20-10-14-8-5-9-23(14)12-13-6-3-2-4-7-13/h2-4,6-7,11,14H,5,8-10,12H2,1H3,(H,20,24)(H2,19,21,22). The number of likely N-dealkylation sites (tertiary alicyclic amines) is 1. The minimum atomic E-state index is -0.247. The summed E-state index contributed by atoms with van der Waals surface area (Å²) in [5, 5.41) is 2.97. The summed E-state index contributed by atoms with van der Waals surface area (Å²) < 4.78 is 5.12. The topological polar surface area (TPSA) is 93.4 Å². The highest BCUT2D eigenvalue weighted by Gasteiger charge is 2.25. The van der Waals surface area contributed by atoms with Crippen molar-refractivity contribution in [3.63, 3.8) is 0 Å². The van der Waals surface area contributed by atoms with Crippen LogP contribution < -0.4 is 15.8 Å². The van der Waals surface area contributed by atoms with E-state index >= 15 is 0 Å². The van der Waals surface area contributed by atoms with Gasteiger partial charge in [-0.25, -0.2) is 4.98 Å². The lowest BCUT2D eigenvalue weighted by Crippen LogP contribution is -2.40. The van der Waals surface area contributed by atoms with E-state index in [-0.39, 0.29) is 17.7 Å². The molecule has 7 nitrogen and oxygen atoms in total. The minimum Gasteiger partial charge on any atom is -0.480 e. The van der Waals surface area contributed by atoms with E-state index in [1.165, 1.54) is 18.9 Å². The zero-order chi connectivity index (χ0) is 17.6. The maximum atomic E-state index is 12.4. The number of anilines is 1. The van der Waals surface area contributed by atoms with E-state index in [4.69, 9.17) is 10.5 Å². The Labute approximate surface area is 147 Å². The summed E-state index contributed by atoms with van der Waals surface area (Å²) in [4.78, 5) is 22.6.